The maximum Gasteiger partial charge on any atom is 0.106 e. The summed E-state index contributed by atoms with van der Waals surface area (Å²) in [6.07, 6.45) is 8.36. The molecule has 0 unspecified atom stereocenters. The third-order valence-electron chi connectivity index (χ3n) is 2.65. The van der Waals surface area contributed by atoms with Crippen LogP contribution in [0.5, 0.6) is 0 Å². The van der Waals surface area contributed by atoms with Crippen molar-refractivity contribution in [2.45, 2.75) is 87.5 Å². The van der Waals surface area contributed by atoms with Crippen molar-refractivity contribution in [3.05, 3.63) is 30.1 Å². The summed E-state index contributed by atoms with van der Waals surface area (Å²) >= 11 is 0. The van der Waals surface area contributed by atoms with Crippen molar-refractivity contribution in [2.75, 3.05) is 0 Å². The van der Waals surface area contributed by atoms with E-state index < -0.39 is 0 Å². The predicted molar refractivity (Wildman–Crippen MR) is 102 cm³/mol. The van der Waals surface area contributed by atoms with Gasteiger partial charge in [-0.25, -0.2) is 0 Å². The summed E-state index contributed by atoms with van der Waals surface area (Å²) in [5.41, 5.74) is 1.16. The molecule has 1 heterocycles. The van der Waals surface area contributed by atoms with E-state index in [1.54, 1.807) is 0 Å². The Bertz CT molecular complexity index is 243. The molecule has 0 amide bonds. The lowest BCUT2D eigenvalue weighted by atomic mass is 10.0. The van der Waals surface area contributed by atoms with E-state index in [0.29, 0.717) is 0 Å². The molecular weight excluding hydrogens is 270 g/mol. The highest BCUT2D eigenvalue weighted by atomic mass is 16.1. The van der Waals surface area contributed by atoms with E-state index in [9.17, 15) is 0 Å². The van der Waals surface area contributed by atoms with E-state index in [0.717, 1.165) is 18.0 Å². The van der Waals surface area contributed by atoms with Crippen LogP contribution in [0.25, 0.3) is 0 Å². The summed E-state index contributed by atoms with van der Waals surface area (Å²) < 4.78 is 0. The minimum Gasteiger partial charge on any atom is -0.307 e. The van der Waals surface area contributed by atoms with Crippen LogP contribution in [0.4, 0.5) is 0 Å². The number of hydrogen-bond donors (Lipinski definition) is 0. The third-order valence-corrected chi connectivity index (χ3v) is 2.65. The first-order valence-electron chi connectivity index (χ1n) is 8.93. The Kier molecular flexibility index (Phi) is 42.0. The molecule has 0 aliphatic carbocycles. The average molecular weight is 312 g/mol. The van der Waals surface area contributed by atoms with Gasteiger partial charge in [0.1, 0.15) is 6.79 Å². The van der Waals surface area contributed by atoms with E-state index in [2.05, 4.69) is 32.7 Å². The lowest BCUT2D eigenvalue weighted by molar-refractivity contribution is -0.0979. The quantitative estimate of drug-likeness (QED) is 0.603. The first kappa shape index (κ1) is 28.9. The molecule has 2 nitrogen and oxygen atoms in total. The number of aromatic nitrogens is 1. The highest BCUT2D eigenvalue weighted by Gasteiger charge is 1.95. The molecule has 0 aromatic carbocycles. The molecule has 0 saturated heterocycles. The SMILES string of the molecule is C=O.CC.CC.CCCC(C)CCC.CCc1ccccn1. The first-order chi connectivity index (χ1) is 10.7. The molecule has 132 valence electrons. The molecule has 2 heteroatoms. The Labute approximate surface area is 140 Å². The number of carbonyl (C=O) groups excluding carboxylic acids is 1. The zero-order valence-electron chi connectivity index (χ0n) is 16.5. The molecule has 0 aliphatic rings. The summed E-state index contributed by atoms with van der Waals surface area (Å²) in [7, 11) is 0. The van der Waals surface area contributed by atoms with Crippen molar-refractivity contribution in [3.63, 3.8) is 0 Å². The normalized spacial score (nSPS) is 7.86. The van der Waals surface area contributed by atoms with Gasteiger partial charge in [0.25, 0.3) is 0 Å². The van der Waals surface area contributed by atoms with E-state index in [-0.39, 0.29) is 0 Å². The number of pyridine rings is 1. The minimum atomic E-state index is 0.963. The van der Waals surface area contributed by atoms with Crippen LogP contribution in [0, 0.1) is 5.92 Å². The standard InChI is InChI=1S/C8H18.C7H9N.2C2H6.CH2O/c1-4-6-8(3)7-5-2;1-2-7-5-3-4-6-8-7;3*1-2/h8H,4-7H2,1-3H3;3-6H,2H2,1H3;2*1-2H3;1H2. The lowest BCUT2D eigenvalue weighted by Crippen LogP contribution is -1.91. The molecule has 1 aromatic heterocycles. The maximum absolute atomic E-state index is 8.00. The third kappa shape index (κ3) is 27.2. The molecule has 0 radical (unpaired) electrons. The van der Waals surface area contributed by atoms with Crippen LogP contribution in [0.3, 0.4) is 0 Å². The second kappa shape index (κ2) is 32.0. The van der Waals surface area contributed by atoms with Crippen LogP contribution in [-0.4, -0.2) is 11.8 Å². The molecule has 0 aliphatic heterocycles. The Morgan fingerprint density at radius 3 is 1.64 bits per heavy atom. The molecule has 1 rings (SSSR count). The van der Waals surface area contributed by atoms with Crippen LogP contribution in [0.2, 0.25) is 0 Å². The monoisotopic (exact) mass is 311 g/mol. The van der Waals surface area contributed by atoms with Crippen molar-refractivity contribution < 1.29 is 4.79 Å². The second-order valence-corrected chi connectivity index (χ2v) is 4.36. The fourth-order valence-electron chi connectivity index (χ4n) is 1.74. The summed E-state index contributed by atoms with van der Waals surface area (Å²) in [6, 6.07) is 5.96. The predicted octanol–water partition coefficient (Wildman–Crippen LogP) is 6.73. The summed E-state index contributed by atoms with van der Waals surface area (Å²) in [6.45, 7) is 19.0. The molecule has 0 fully saturated rings. The van der Waals surface area contributed by atoms with Crippen molar-refractivity contribution in [2.24, 2.45) is 5.92 Å². The Morgan fingerprint density at radius 2 is 1.41 bits per heavy atom. The first-order valence-corrected chi connectivity index (χ1v) is 8.93. The van der Waals surface area contributed by atoms with E-state index in [4.69, 9.17) is 4.79 Å². The van der Waals surface area contributed by atoms with Gasteiger partial charge in [-0.3, -0.25) is 4.98 Å². The van der Waals surface area contributed by atoms with Gasteiger partial charge in [0.15, 0.2) is 0 Å². The zero-order chi connectivity index (χ0) is 18.2. The smallest absolute Gasteiger partial charge is 0.106 e. The van der Waals surface area contributed by atoms with Gasteiger partial charge in [-0.15, -0.1) is 0 Å². The van der Waals surface area contributed by atoms with Gasteiger partial charge in [-0.2, -0.15) is 0 Å². The van der Waals surface area contributed by atoms with Gasteiger partial charge in [0, 0.05) is 11.9 Å². The Hall–Kier alpha value is -1.18. The molecule has 0 bridgehead atoms. The van der Waals surface area contributed by atoms with Gasteiger partial charge in [-0.05, 0) is 24.5 Å². The highest BCUT2D eigenvalue weighted by molar-refractivity contribution is 5.11. The summed E-state index contributed by atoms with van der Waals surface area (Å²) in [4.78, 5) is 12.1. The fourth-order valence-corrected chi connectivity index (χ4v) is 1.74. The van der Waals surface area contributed by atoms with Crippen molar-refractivity contribution >= 4 is 6.79 Å². The van der Waals surface area contributed by atoms with Gasteiger partial charge in [0.2, 0.25) is 0 Å². The topological polar surface area (TPSA) is 30.0 Å². The summed E-state index contributed by atoms with van der Waals surface area (Å²) in [5, 5.41) is 0. The van der Waals surface area contributed by atoms with E-state index in [1.165, 1.54) is 25.7 Å². The van der Waals surface area contributed by atoms with E-state index >= 15 is 0 Å². The molecule has 0 spiro atoms. The van der Waals surface area contributed by atoms with Crippen LogP contribution >= 0.6 is 0 Å². The molecular formula is C20H41NO. The number of rotatable bonds is 5. The van der Waals surface area contributed by atoms with Crippen molar-refractivity contribution in [3.8, 4) is 0 Å². The largest absolute Gasteiger partial charge is 0.307 e. The fraction of sp³-hybridized carbons (Fsp3) is 0.700. The molecule has 0 N–H and O–H groups in total. The van der Waals surface area contributed by atoms with Crippen molar-refractivity contribution in [1.82, 2.24) is 4.98 Å². The lowest BCUT2D eigenvalue weighted by Gasteiger charge is -2.05. The maximum atomic E-state index is 8.00. The number of hydrogen-bond acceptors (Lipinski definition) is 2. The average Bonchev–Trinajstić information content (AvgIpc) is 2.62. The second-order valence-electron chi connectivity index (χ2n) is 4.36. The van der Waals surface area contributed by atoms with E-state index in [1.807, 2.05) is 58.9 Å². The number of aryl methyl sites for hydroxylation is 1. The number of carbonyl (C=O) groups is 1. The minimum absolute atomic E-state index is 0.963. The van der Waals surface area contributed by atoms with Gasteiger partial charge in [0.05, 0.1) is 0 Å². The Morgan fingerprint density at radius 1 is 0.955 bits per heavy atom. The van der Waals surface area contributed by atoms with Crippen LogP contribution < -0.4 is 0 Å². The number of nitrogens with zero attached hydrogens (tertiary/aromatic N) is 1. The Balaban J connectivity index is -0.000000110. The van der Waals surface area contributed by atoms with Crippen LogP contribution in [0.1, 0.15) is 86.8 Å². The summed E-state index contributed by atoms with van der Waals surface area (Å²) in [5.74, 6) is 0.963. The van der Waals surface area contributed by atoms with Crippen molar-refractivity contribution in [1.29, 1.82) is 0 Å². The molecule has 0 saturated carbocycles. The highest BCUT2D eigenvalue weighted by Crippen LogP contribution is 2.10. The zero-order valence-corrected chi connectivity index (χ0v) is 16.5. The molecule has 0 atom stereocenters. The van der Waals surface area contributed by atoms with Crippen LogP contribution in [0.15, 0.2) is 24.4 Å². The molecule has 1 aromatic rings. The van der Waals surface area contributed by atoms with Gasteiger partial charge < -0.3 is 4.79 Å². The molecule has 22 heavy (non-hydrogen) atoms. The van der Waals surface area contributed by atoms with Gasteiger partial charge >= 0.3 is 0 Å². The van der Waals surface area contributed by atoms with Crippen LogP contribution in [-0.2, 0) is 11.2 Å². The van der Waals surface area contributed by atoms with Gasteiger partial charge in [-0.1, -0.05) is 87.1 Å².